The monoisotopic (exact) mass is 262 g/mol. The van der Waals surface area contributed by atoms with Crippen molar-refractivity contribution in [2.24, 2.45) is 0 Å². The predicted molar refractivity (Wildman–Crippen MR) is 75.2 cm³/mol. The minimum absolute atomic E-state index is 0.509. The first kappa shape index (κ1) is 13.9. The zero-order chi connectivity index (χ0) is 13.5. The summed E-state index contributed by atoms with van der Waals surface area (Å²) in [6, 6.07) is 7.48. The van der Waals surface area contributed by atoms with Crippen LogP contribution in [0.15, 0.2) is 36.3 Å². The molecule has 19 heavy (non-hydrogen) atoms. The normalized spacial score (nSPS) is 14.9. The molecule has 0 saturated heterocycles. The lowest BCUT2D eigenvalue weighted by Crippen LogP contribution is -2.18. The second kappa shape index (κ2) is 7.19. The van der Waals surface area contributed by atoms with Crippen LogP contribution in [0, 0.1) is 0 Å². The number of aliphatic hydroxyl groups excluding tert-OH is 1. The minimum atomic E-state index is -0.574. The summed E-state index contributed by atoms with van der Waals surface area (Å²) >= 11 is 0. The summed E-state index contributed by atoms with van der Waals surface area (Å²) in [7, 11) is 0. The Labute approximate surface area is 114 Å². The molecule has 2 rings (SSSR count). The van der Waals surface area contributed by atoms with Crippen LogP contribution in [0.1, 0.15) is 45.4 Å². The Morgan fingerprint density at radius 2 is 1.79 bits per heavy atom. The van der Waals surface area contributed by atoms with Gasteiger partial charge in [-0.3, -0.25) is 0 Å². The maximum absolute atomic E-state index is 10.1. The summed E-state index contributed by atoms with van der Waals surface area (Å²) in [5.41, 5.74) is 0. The van der Waals surface area contributed by atoms with E-state index in [0.717, 1.165) is 19.3 Å². The van der Waals surface area contributed by atoms with E-state index in [4.69, 9.17) is 9.47 Å². The first-order valence-electron chi connectivity index (χ1n) is 7.13. The van der Waals surface area contributed by atoms with Crippen molar-refractivity contribution in [1.29, 1.82) is 0 Å². The number of benzene rings is 1. The van der Waals surface area contributed by atoms with Crippen LogP contribution < -0.4 is 9.47 Å². The van der Waals surface area contributed by atoms with E-state index in [1.165, 1.54) is 25.5 Å². The Kier molecular flexibility index (Phi) is 5.28. The van der Waals surface area contributed by atoms with E-state index in [0.29, 0.717) is 17.3 Å². The Morgan fingerprint density at radius 3 is 2.58 bits per heavy atom. The van der Waals surface area contributed by atoms with Crippen LogP contribution in [-0.2, 0) is 0 Å². The molecule has 3 nitrogen and oxygen atoms in total. The van der Waals surface area contributed by atoms with Crippen molar-refractivity contribution in [2.75, 3.05) is 0 Å². The Balaban J connectivity index is 1.78. The Hall–Kier alpha value is -1.48. The average molecular weight is 262 g/mol. The first-order valence-corrected chi connectivity index (χ1v) is 7.13. The van der Waals surface area contributed by atoms with Gasteiger partial charge in [-0.15, -0.1) is 0 Å². The van der Waals surface area contributed by atoms with Crippen molar-refractivity contribution in [3.63, 3.8) is 0 Å². The van der Waals surface area contributed by atoms with Gasteiger partial charge in [0.05, 0.1) is 0 Å². The lowest BCUT2D eigenvalue weighted by molar-refractivity contribution is 0.135. The zero-order valence-electron chi connectivity index (χ0n) is 11.5. The van der Waals surface area contributed by atoms with Gasteiger partial charge in [0, 0.05) is 0 Å². The lowest BCUT2D eigenvalue weighted by atomic mass is 10.1. The molecule has 0 amide bonds. The summed E-state index contributed by atoms with van der Waals surface area (Å²) < 4.78 is 11.1. The molecule has 0 aromatic heterocycles. The molecule has 1 aromatic carbocycles. The van der Waals surface area contributed by atoms with Crippen LogP contribution in [0.5, 0.6) is 11.5 Å². The van der Waals surface area contributed by atoms with E-state index >= 15 is 0 Å². The first-order chi connectivity index (χ1) is 9.31. The van der Waals surface area contributed by atoms with Crippen molar-refractivity contribution >= 4 is 0 Å². The molecule has 1 atom stereocenters. The number of unbranched alkanes of at least 4 members (excludes halogenated alkanes) is 4. The molecular weight excluding hydrogens is 240 g/mol. The van der Waals surface area contributed by atoms with Crippen molar-refractivity contribution in [1.82, 2.24) is 0 Å². The van der Waals surface area contributed by atoms with Gasteiger partial charge in [0.2, 0.25) is 0 Å². The standard InChI is InChI=1S/C16H22O3/c1-2-3-4-5-6-9-13(17)16-12-18-14-10-7-8-11-15(14)19-16/h7-8,10-13,17H,2-6,9H2,1H3. The highest BCUT2D eigenvalue weighted by Crippen LogP contribution is 2.33. The van der Waals surface area contributed by atoms with E-state index in [9.17, 15) is 5.11 Å². The van der Waals surface area contributed by atoms with Gasteiger partial charge >= 0.3 is 0 Å². The summed E-state index contributed by atoms with van der Waals surface area (Å²) in [5.74, 6) is 1.88. The summed E-state index contributed by atoms with van der Waals surface area (Å²) in [6.45, 7) is 2.20. The van der Waals surface area contributed by atoms with Gasteiger partial charge in [-0.2, -0.15) is 0 Å². The maximum atomic E-state index is 10.1. The topological polar surface area (TPSA) is 38.7 Å². The maximum Gasteiger partial charge on any atom is 0.169 e. The highest BCUT2D eigenvalue weighted by molar-refractivity contribution is 5.43. The molecule has 0 aliphatic carbocycles. The van der Waals surface area contributed by atoms with Gasteiger partial charge in [-0.25, -0.2) is 0 Å². The summed E-state index contributed by atoms with van der Waals surface area (Å²) in [6.07, 6.45) is 7.59. The van der Waals surface area contributed by atoms with E-state index in [-0.39, 0.29) is 0 Å². The highest BCUT2D eigenvalue weighted by Gasteiger charge is 2.19. The summed E-state index contributed by atoms with van der Waals surface area (Å²) in [5, 5.41) is 10.1. The van der Waals surface area contributed by atoms with E-state index in [1.807, 2.05) is 24.3 Å². The van der Waals surface area contributed by atoms with Crippen LogP contribution in [0.2, 0.25) is 0 Å². The quantitative estimate of drug-likeness (QED) is 0.754. The number of fused-ring (bicyclic) bond motifs is 1. The second-order valence-electron chi connectivity index (χ2n) is 4.91. The molecule has 1 unspecified atom stereocenters. The third-order valence-corrected chi connectivity index (χ3v) is 3.29. The fourth-order valence-corrected chi connectivity index (χ4v) is 2.13. The fraction of sp³-hybridized carbons (Fsp3) is 0.500. The third-order valence-electron chi connectivity index (χ3n) is 3.29. The van der Waals surface area contributed by atoms with Gasteiger partial charge in [-0.1, -0.05) is 51.2 Å². The molecule has 104 valence electrons. The van der Waals surface area contributed by atoms with E-state index in [2.05, 4.69) is 6.92 Å². The molecule has 0 fully saturated rings. The SMILES string of the molecule is CCCCCCCC(O)C1=COc2ccccc2O1. The molecule has 1 aromatic rings. The van der Waals surface area contributed by atoms with Gasteiger partial charge in [0.1, 0.15) is 12.4 Å². The van der Waals surface area contributed by atoms with Crippen molar-refractivity contribution < 1.29 is 14.6 Å². The second-order valence-corrected chi connectivity index (χ2v) is 4.91. The number of ether oxygens (including phenoxy) is 2. The van der Waals surface area contributed by atoms with Gasteiger partial charge in [0.25, 0.3) is 0 Å². The van der Waals surface area contributed by atoms with Crippen LogP contribution in [0.3, 0.4) is 0 Å². The fourth-order valence-electron chi connectivity index (χ4n) is 2.13. The van der Waals surface area contributed by atoms with Crippen LogP contribution in [0.4, 0.5) is 0 Å². The van der Waals surface area contributed by atoms with Crippen LogP contribution in [0.25, 0.3) is 0 Å². The molecule has 3 heteroatoms. The van der Waals surface area contributed by atoms with Crippen molar-refractivity contribution in [3.8, 4) is 11.5 Å². The molecule has 1 N–H and O–H groups in total. The van der Waals surface area contributed by atoms with E-state index in [1.54, 1.807) is 0 Å². The Morgan fingerprint density at radius 1 is 1.05 bits per heavy atom. The third kappa shape index (κ3) is 4.00. The zero-order valence-corrected chi connectivity index (χ0v) is 11.5. The minimum Gasteiger partial charge on any atom is -0.457 e. The molecule has 1 aliphatic heterocycles. The lowest BCUT2D eigenvalue weighted by Gasteiger charge is -2.21. The molecule has 1 heterocycles. The number of para-hydroxylation sites is 2. The van der Waals surface area contributed by atoms with Crippen LogP contribution in [-0.4, -0.2) is 11.2 Å². The van der Waals surface area contributed by atoms with Gasteiger partial charge in [0.15, 0.2) is 17.3 Å². The average Bonchev–Trinajstić information content (AvgIpc) is 2.46. The van der Waals surface area contributed by atoms with Crippen molar-refractivity contribution in [3.05, 3.63) is 36.3 Å². The van der Waals surface area contributed by atoms with Crippen LogP contribution >= 0.6 is 0 Å². The molecular formula is C16H22O3. The molecule has 1 aliphatic rings. The number of hydrogen-bond donors (Lipinski definition) is 1. The number of hydrogen-bond acceptors (Lipinski definition) is 3. The molecule has 0 saturated carbocycles. The summed E-state index contributed by atoms with van der Waals surface area (Å²) in [4.78, 5) is 0. The smallest absolute Gasteiger partial charge is 0.169 e. The highest BCUT2D eigenvalue weighted by atomic mass is 16.6. The molecule has 0 radical (unpaired) electrons. The number of aliphatic hydroxyl groups is 1. The molecule has 0 spiro atoms. The van der Waals surface area contributed by atoms with E-state index < -0.39 is 6.10 Å². The van der Waals surface area contributed by atoms with Gasteiger partial charge in [-0.05, 0) is 18.6 Å². The predicted octanol–water partition coefficient (Wildman–Crippen LogP) is 4.02. The Bertz CT molecular complexity index is 426. The number of rotatable bonds is 7. The van der Waals surface area contributed by atoms with Gasteiger partial charge < -0.3 is 14.6 Å². The van der Waals surface area contributed by atoms with Crippen molar-refractivity contribution in [2.45, 2.75) is 51.6 Å². The molecule has 0 bridgehead atoms. The largest absolute Gasteiger partial charge is 0.457 e.